The molecule has 5 nitrogen and oxygen atoms in total. The summed E-state index contributed by atoms with van der Waals surface area (Å²) in [7, 11) is 0. The van der Waals surface area contributed by atoms with Gasteiger partial charge in [-0.05, 0) is 30.0 Å². The van der Waals surface area contributed by atoms with Crippen LogP contribution in [0.1, 0.15) is 39.2 Å². The van der Waals surface area contributed by atoms with E-state index in [1.54, 1.807) is 0 Å². The zero-order chi connectivity index (χ0) is 16.5. The number of hydrogen-bond donors (Lipinski definition) is 2. The van der Waals surface area contributed by atoms with Gasteiger partial charge in [-0.1, -0.05) is 39.3 Å². The summed E-state index contributed by atoms with van der Waals surface area (Å²) >= 11 is 0. The minimum Gasteiger partial charge on any atom is -0.493 e. The number of aryl methyl sites for hydroxylation is 1. The van der Waals surface area contributed by atoms with E-state index in [4.69, 9.17) is 9.84 Å². The fourth-order valence-electron chi connectivity index (χ4n) is 2.01. The van der Waals surface area contributed by atoms with E-state index in [0.29, 0.717) is 12.2 Å². The van der Waals surface area contributed by atoms with Crippen molar-refractivity contribution in [1.82, 2.24) is 5.32 Å². The van der Waals surface area contributed by atoms with Gasteiger partial charge in [-0.15, -0.1) is 0 Å². The molecule has 0 aromatic heterocycles. The highest BCUT2D eigenvalue weighted by atomic mass is 16.5. The van der Waals surface area contributed by atoms with Crippen LogP contribution in [0.3, 0.4) is 0 Å². The summed E-state index contributed by atoms with van der Waals surface area (Å²) in [6.07, 6.45) is 1.79. The Labute approximate surface area is 131 Å². The molecule has 122 valence electrons. The van der Waals surface area contributed by atoms with E-state index < -0.39 is 12.0 Å². The van der Waals surface area contributed by atoms with Crippen molar-refractivity contribution in [3.63, 3.8) is 0 Å². The van der Waals surface area contributed by atoms with Crippen molar-refractivity contribution in [2.24, 2.45) is 5.92 Å². The fraction of sp³-hybridized carbons (Fsp3) is 0.529. The molecule has 0 bridgehead atoms. The van der Waals surface area contributed by atoms with Crippen molar-refractivity contribution in [3.8, 4) is 5.75 Å². The highest BCUT2D eigenvalue weighted by Gasteiger charge is 2.24. The Morgan fingerprint density at radius 3 is 2.36 bits per heavy atom. The zero-order valence-electron chi connectivity index (χ0n) is 13.5. The topological polar surface area (TPSA) is 75.6 Å². The molecule has 1 aromatic rings. The highest BCUT2D eigenvalue weighted by molar-refractivity contribution is 5.83. The van der Waals surface area contributed by atoms with Crippen LogP contribution >= 0.6 is 0 Å². The minimum atomic E-state index is -1.00. The SMILES string of the molecule is CCc1ccc(OCCC(=O)NC(C(=O)O)C(C)CC)cc1. The molecule has 0 aliphatic carbocycles. The van der Waals surface area contributed by atoms with Crippen molar-refractivity contribution < 1.29 is 19.4 Å². The van der Waals surface area contributed by atoms with Gasteiger partial charge in [0.1, 0.15) is 11.8 Å². The Bertz CT molecular complexity index is 484. The molecule has 0 radical (unpaired) electrons. The first-order valence-electron chi connectivity index (χ1n) is 7.71. The molecule has 0 aliphatic heterocycles. The Kier molecular flexibility index (Phi) is 7.43. The zero-order valence-corrected chi connectivity index (χ0v) is 13.5. The number of aliphatic carboxylic acids is 1. The van der Waals surface area contributed by atoms with Crippen LogP contribution in [-0.4, -0.2) is 29.6 Å². The number of carbonyl (C=O) groups is 2. The van der Waals surface area contributed by atoms with Crippen molar-refractivity contribution in [3.05, 3.63) is 29.8 Å². The average Bonchev–Trinajstić information content (AvgIpc) is 2.52. The molecule has 0 fully saturated rings. The summed E-state index contributed by atoms with van der Waals surface area (Å²) in [5.74, 6) is -0.706. The maximum Gasteiger partial charge on any atom is 0.326 e. The monoisotopic (exact) mass is 307 g/mol. The van der Waals surface area contributed by atoms with Gasteiger partial charge in [-0.2, -0.15) is 0 Å². The molecule has 1 rings (SSSR count). The number of carboxylic acids is 1. The summed E-state index contributed by atoms with van der Waals surface area (Å²) in [4.78, 5) is 23.0. The summed E-state index contributed by atoms with van der Waals surface area (Å²) < 4.78 is 5.50. The van der Waals surface area contributed by atoms with Gasteiger partial charge in [0.15, 0.2) is 0 Å². The summed E-state index contributed by atoms with van der Waals surface area (Å²) in [6, 6.07) is 6.87. The number of benzene rings is 1. The maximum absolute atomic E-state index is 11.8. The van der Waals surface area contributed by atoms with Gasteiger partial charge in [0.25, 0.3) is 0 Å². The molecule has 0 heterocycles. The molecular weight excluding hydrogens is 282 g/mol. The van der Waals surface area contributed by atoms with Gasteiger partial charge in [-0.3, -0.25) is 4.79 Å². The third-order valence-electron chi connectivity index (χ3n) is 3.72. The molecule has 2 N–H and O–H groups in total. The number of hydrogen-bond acceptors (Lipinski definition) is 3. The Morgan fingerprint density at radius 1 is 1.23 bits per heavy atom. The van der Waals surface area contributed by atoms with Gasteiger partial charge in [0.2, 0.25) is 5.91 Å². The number of rotatable bonds is 9. The molecule has 2 atom stereocenters. The summed E-state index contributed by atoms with van der Waals surface area (Å²) in [5, 5.41) is 11.7. The molecule has 0 saturated carbocycles. The molecule has 2 unspecified atom stereocenters. The van der Waals surface area contributed by atoms with Gasteiger partial charge in [-0.25, -0.2) is 4.79 Å². The Hall–Kier alpha value is -2.04. The Morgan fingerprint density at radius 2 is 1.86 bits per heavy atom. The lowest BCUT2D eigenvalue weighted by atomic mass is 9.99. The van der Waals surface area contributed by atoms with E-state index in [9.17, 15) is 9.59 Å². The predicted octanol–water partition coefficient (Wildman–Crippen LogP) is 2.63. The number of nitrogens with one attached hydrogen (secondary N) is 1. The van der Waals surface area contributed by atoms with Crippen LogP contribution in [0.4, 0.5) is 0 Å². The second-order valence-electron chi connectivity index (χ2n) is 5.36. The van der Waals surface area contributed by atoms with E-state index in [1.165, 1.54) is 5.56 Å². The van der Waals surface area contributed by atoms with Crippen LogP contribution in [-0.2, 0) is 16.0 Å². The van der Waals surface area contributed by atoms with E-state index in [2.05, 4.69) is 12.2 Å². The number of carboxylic acid groups (broad SMARTS) is 1. The standard InChI is InChI=1S/C17H25NO4/c1-4-12(3)16(17(20)21)18-15(19)10-11-22-14-8-6-13(5-2)7-9-14/h6-9,12,16H,4-5,10-11H2,1-3H3,(H,18,19)(H,20,21). The van der Waals surface area contributed by atoms with E-state index in [-0.39, 0.29) is 24.9 Å². The van der Waals surface area contributed by atoms with Crippen LogP contribution in [0.2, 0.25) is 0 Å². The fourth-order valence-corrected chi connectivity index (χ4v) is 2.01. The average molecular weight is 307 g/mol. The highest BCUT2D eigenvalue weighted by Crippen LogP contribution is 2.13. The van der Waals surface area contributed by atoms with Crippen molar-refractivity contribution >= 4 is 11.9 Å². The van der Waals surface area contributed by atoms with Gasteiger partial charge < -0.3 is 15.2 Å². The molecule has 0 saturated heterocycles. The Balaban J connectivity index is 2.39. The van der Waals surface area contributed by atoms with Crippen LogP contribution in [0.25, 0.3) is 0 Å². The number of ether oxygens (including phenoxy) is 1. The van der Waals surface area contributed by atoms with Crippen molar-refractivity contribution in [2.45, 2.75) is 46.1 Å². The van der Waals surface area contributed by atoms with E-state index in [0.717, 1.165) is 6.42 Å². The van der Waals surface area contributed by atoms with Crippen LogP contribution in [0, 0.1) is 5.92 Å². The molecule has 0 aliphatic rings. The van der Waals surface area contributed by atoms with Gasteiger partial charge >= 0.3 is 5.97 Å². The lowest BCUT2D eigenvalue weighted by Crippen LogP contribution is -2.45. The second kappa shape index (κ2) is 9.07. The third kappa shape index (κ3) is 5.76. The minimum absolute atomic E-state index is 0.107. The lowest BCUT2D eigenvalue weighted by molar-refractivity contribution is -0.143. The predicted molar refractivity (Wildman–Crippen MR) is 85.0 cm³/mol. The first-order valence-corrected chi connectivity index (χ1v) is 7.71. The van der Waals surface area contributed by atoms with Crippen LogP contribution in [0.15, 0.2) is 24.3 Å². The largest absolute Gasteiger partial charge is 0.493 e. The van der Waals surface area contributed by atoms with Crippen molar-refractivity contribution in [2.75, 3.05) is 6.61 Å². The normalized spacial score (nSPS) is 13.2. The molecule has 1 aromatic carbocycles. The first kappa shape index (κ1) is 18.0. The molecule has 22 heavy (non-hydrogen) atoms. The smallest absolute Gasteiger partial charge is 0.326 e. The molecule has 1 amide bonds. The lowest BCUT2D eigenvalue weighted by Gasteiger charge is -2.20. The van der Waals surface area contributed by atoms with Crippen LogP contribution in [0.5, 0.6) is 5.75 Å². The van der Waals surface area contributed by atoms with Crippen LogP contribution < -0.4 is 10.1 Å². The third-order valence-corrected chi connectivity index (χ3v) is 3.72. The second-order valence-corrected chi connectivity index (χ2v) is 5.36. The molecule has 5 heteroatoms. The summed E-state index contributed by atoms with van der Waals surface area (Å²) in [6.45, 7) is 6.02. The number of carbonyl (C=O) groups excluding carboxylic acids is 1. The first-order chi connectivity index (χ1) is 10.5. The molecular formula is C17H25NO4. The van der Waals surface area contributed by atoms with E-state index in [1.807, 2.05) is 38.1 Å². The maximum atomic E-state index is 11.8. The van der Waals surface area contributed by atoms with E-state index >= 15 is 0 Å². The molecule has 0 spiro atoms. The van der Waals surface area contributed by atoms with Crippen molar-refractivity contribution in [1.29, 1.82) is 0 Å². The van der Waals surface area contributed by atoms with Gasteiger partial charge in [0.05, 0.1) is 13.0 Å². The van der Waals surface area contributed by atoms with Gasteiger partial charge in [0, 0.05) is 0 Å². The quantitative estimate of drug-likeness (QED) is 0.735. The summed E-state index contributed by atoms with van der Waals surface area (Å²) in [5.41, 5.74) is 1.22. The number of amides is 1.